The maximum Gasteiger partial charge on any atom is 0.273 e. The fourth-order valence-electron chi connectivity index (χ4n) is 4.05. The second kappa shape index (κ2) is 10.6. The third-order valence-corrected chi connectivity index (χ3v) is 6.24. The molecule has 1 amide bonds. The van der Waals surface area contributed by atoms with Crippen LogP contribution < -0.4 is 5.32 Å². The Labute approximate surface area is 207 Å². The molecule has 0 saturated heterocycles. The molecule has 5 aromatic rings. The van der Waals surface area contributed by atoms with Crippen molar-refractivity contribution < 1.29 is 13.6 Å². The number of nitrogens with one attached hydrogen (secondary N) is 2. The average Bonchev–Trinajstić information content (AvgIpc) is 3.64. The van der Waals surface area contributed by atoms with Crippen molar-refractivity contribution in [1.82, 2.24) is 20.2 Å². The first-order valence-corrected chi connectivity index (χ1v) is 11.8. The van der Waals surface area contributed by atoms with E-state index in [0.29, 0.717) is 24.7 Å². The van der Waals surface area contributed by atoms with Gasteiger partial charge in [-0.15, -0.1) is 0 Å². The van der Waals surface area contributed by atoms with E-state index in [1.165, 1.54) is 17.2 Å². The van der Waals surface area contributed by atoms with Crippen LogP contribution >= 0.6 is 11.6 Å². The van der Waals surface area contributed by atoms with Crippen molar-refractivity contribution in [2.24, 2.45) is 0 Å². The number of amides is 1. The van der Waals surface area contributed by atoms with E-state index in [4.69, 9.17) is 20.4 Å². The topological polar surface area (TPSA) is 87.3 Å². The zero-order valence-corrected chi connectivity index (χ0v) is 19.8. The second-order valence-corrected chi connectivity index (χ2v) is 8.71. The van der Waals surface area contributed by atoms with Gasteiger partial charge in [0.2, 0.25) is 5.89 Å². The molecule has 0 unspecified atom stereocenters. The van der Waals surface area contributed by atoms with Gasteiger partial charge >= 0.3 is 0 Å². The lowest BCUT2D eigenvalue weighted by Gasteiger charge is -2.21. The number of aromatic amines is 1. The van der Waals surface area contributed by atoms with Crippen LogP contribution in [0.5, 0.6) is 0 Å². The van der Waals surface area contributed by atoms with E-state index in [2.05, 4.69) is 38.5 Å². The van der Waals surface area contributed by atoms with Crippen LogP contribution in [0.15, 0.2) is 88.2 Å². The molecule has 0 aliphatic rings. The number of hydrogen-bond donors (Lipinski definition) is 2. The Balaban J connectivity index is 1.28. The molecule has 0 radical (unpaired) electrons. The molecule has 3 heterocycles. The molecule has 0 bridgehead atoms. The van der Waals surface area contributed by atoms with Gasteiger partial charge in [-0.25, -0.2) is 4.98 Å². The average molecular weight is 489 g/mol. The molecule has 0 atom stereocenters. The lowest BCUT2D eigenvalue weighted by atomic mass is 10.1. The van der Waals surface area contributed by atoms with Crippen molar-refractivity contribution in [3.63, 3.8) is 0 Å². The lowest BCUT2D eigenvalue weighted by Crippen LogP contribution is -2.26. The number of halogens is 1. The molecule has 5 rings (SSSR count). The Morgan fingerprint density at radius 2 is 1.86 bits per heavy atom. The molecular weight excluding hydrogens is 464 g/mol. The number of carbonyl (C=O) groups is 1. The van der Waals surface area contributed by atoms with Gasteiger partial charge in [-0.1, -0.05) is 48.0 Å². The van der Waals surface area contributed by atoms with Crippen molar-refractivity contribution in [3.05, 3.63) is 113 Å². The molecule has 8 heteroatoms. The molecular formula is C27H25ClN4O3. The van der Waals surface area contributed by atoms with Gasteiger partial charge < -0.3 is 19.1 Å². The summed E-state index contributed by atoms with van der Waals surface area (Å²) in [5.41, 5.74) is 3.63. The van der Waals surface area contributed by atoms with Crippen molar-refractivity contribution in [2.75, 3.05) is 6.54 Å². The number of oxazole rings is 1. The minimum Gasteiger partial charge on any atom is -0.467 e. The SMILES string of the molecule is O=C(NCc1ccco1)c1coc(CN(CCc2c[nH]c3ccccc23)Cc2ccccc2Cl)n1. The molecule has 2 aromatic carbocycles. The third-order valence-electron chi connectivity index (χ3n) is 5.87. The predicted molar refractivity (Wildman–Crippen MR) is 134 cm³/mol. The van der Waals surface area contributed by atoms with E-state index in [-0.39, 0.29) is 18.1 Å². The normalized spacial score (nSPS) is 11.4. The number of para-hydroxylation sites is 1. The van der Waals surface area contributed by atoms with Gasteiger partial charge in [-0.3, -0.25) is 9.69 Å². The predicted octanol–water partition coefficient (Wildman–Crippen LogP) is 5.58. The van der Waals surface area contributed by atoms with Gasteiger partial charge in [0.15, 0.2) is 5.69 Å². The van der Waals surface area contributed by atoms with Crippen molar-refractivity contribution in [1.29, 1.82) is 0 Å². The molecule has 2 N–H and O–H groups in total. The summed E-state index contributed by atoms with van der Waals surface area (Å²) in [5.74, 6) is 0.831. The Kier molecular flexibility index (Phi) is 6.97. The van der Waals surface area contributed by atoms with E-state index in [1.807, 2.05) is 36.4 Å². The fourth-order valence-corrected chi connectivity index (χ4v) is 4.24. The van der Waals surface area contributed by atoms with Gasteiger partial charge in [0.25, 0.3) is 5.91 Å². The quantitative estimate of drug-likeness (QED) is 0.268. The second-order valence-electron chi connectivity index (χ2n) is 8.30. The first-order valence-electron chi connectivity index (χ1n) is 11.4. The highest BCUT2D eigenvalue weighted by Crippen LogP contribution is 2.21. The highest BCUT2D eigenvalue weighted by Gasteiger charge is 2.17. The Bertz CT molecular complexity index is 1410. The molecule has 178 valence electrons. The van der Waals surface area contributed by atoms with Gasteiger partial charge in [-0.2, -0.15) is 0 Å². The van der Waals surface area contributed by atoms with E-state index in [9.17, 15) is 4.79 Å². The molecule has 7 nitrogen and oxygen atoms in total. The monoisotopic (exact) mass is 488 g/mol. The number of aromatic nitrogens is 2. The zero-order valence-electron chi connectivity index (χ0n) is 19.0. The molecule has 35 heavy (non-hydrogen) atoms. The number of hydrogen-bond acceptors (Lipinski definition) is 5. The molecule has 0 fully saturated rings. The van der Waals surface area contributed by atoms with Crippen LogP contribution in [0.3, 0.4) is 0 Å². The first-order chi connectivity index (χ1) is 17.2. The minimum absolute atomic E-state index is 0.237. The van der Waals surface area contributed by atoms with Crippen LogP contribution in [0.4, 0.5) is 0 Å². The summed E-state index contributed by atoms with van der Waals surface area (Å²) < 4.78 is 10.9. The fraction of sp³-hybridized carbons (Fsp3) is 0.185. The summed E-state index contributed by atoms with van der Waals surface area (Å²) in [7, 11) is 0. The largest absolute Gasteiger partial charge is 0.467 e. The Hall–Kier alpha value is -3.81. The van der Waals surface area contributed by atoms with E-state index >= 15 is 0 Å². The van der Waals surface area contributed by atoms with E-state index in [1.54, 1.807) is 18.4 Å². The number of benzene rings is 2. The van der Waals surface area contributed by atoms with Crippen LogP contribution in [0, 0.1) is 0 Å². The number of H-pyrrole nitrogens is 1. The third kappa shape index (κ3) is 5.65. The standard InChI is InChI=1S/C27H25ClN4O3/c28-23-9-3-1-6-20(23)16-32(12-11-19-14-29-24-10-4-2-8-22(19)24)17-26-31-25(18-35-26)27(33)30-15-21-7-5-13-34-21/h1-10,13-14,18,29H,11-12,15-17H2,(H,30,33). The van der Waals surface area contributed by atoms with Crippen molar-refractivity contribution in [2.45, 2.75) is 26.1 Å². The minimum atomic E-state index is -0.312. The van der Waals surface area contributed by atoms with Gasteiger partial charge in [0.1, 0.15) is 12.0 Å². The van der Waals surface area contributed by atoms with Crippen molar-refractivity contribution >= 4 is 28.4 Å². The maximum absolute atomic E-state index is 12.5. The zero-order chi connectivity index (χ0) is 24.0. The molecule has 3 aromatic heterocycles. The number of nitrogens with zero attached hydrogens (tertiary/aromatic N) is 2. The lowest BCUT2D eigenvalue weighted by molar-refractivity contribution is 0.0943. The smallest absolute Gasteiger partial charge is 0.273 e. The van der Waals surface area contributed by atoms with Crippen LogP contribution in [-0.4, -0.2) is 27.3 Å². The number of furan rings is 1. The summed E-state index contributed by atoms with van der Waals surface area (Å²) >= 11 is 6.44. The van der Waals surface area contributed by atoms with Gasteiger partial charge in [-0.05, 0) is 41.8 Å². The van der Waals surface area contributed by atoms with E-state index in [0.717, 1.165) is 29.1 Å². The Morgan fingerprint density at radius 1 is 1.00 bits per heavy atom. The van der Waals surface area contributed by atoms with Crippen molar-refractivity contribution in [3.8, 4) is 0 Å². The summed E-state index contributed by atoms with van der Waals surface area (Å²) in [5, 5.41) is 4.72. The number of fused-ring (bicyclic) bond motifs is 1. The first kappa shape index (κ1) is 23.0. The summed E-state index contributed by atoms with van der Waals surface area (Å²) in [6.45, 7) is 2.12. The van der Waals surface area contributed by atoms with Crippen LogP contribution in [0.25, 0.3) is 10.9 Å². The Morgan fingerprint density at radius 3 is 2.71 bits per heavy atom. The molecule has 0 aliphatic carbocycles. The molecule has 0 aliphatic heterocycles. The van der Waals surface area contributed by atoms with E-state index < -0.39 is 0 Å². The summed E-state index contributed by atoms with van der Waals surface area (Å²) in [6.07, 6.45) is 5.86. The molecule has 0 saturated carbocycles. The van der Waals surface area contributed by atoms with Crippen LogP contribution in [0.1, 0.15) is 33.3 Å². The molecule has 0 spiro atoms. The maximum atomic E-state index is 12.5. The van der Waals surface area contributed by atoms with Gasteiger partial charge in [0.05, 0.1) is 19.4 Å². The number of rotatable bonds is 10. The summed E-state index contributed by atoms with van der Waals surface area (Å²) in [6, 6.07) is 19.7. The van der Waals surface area contributed by atoms with Crippen LogP contribution in [-0.2, 0) is 26.1 Å². The van der Waals surface area contributed by atoms with Gasteiger partial charge in [0, 0.05) is 35.2 Å². The summed E-state index contributed by atoms with van der Waals surface area (Å²) in [4.78, 5) is 22.4. The van der Waals surface area contributed by atoms with Crippen LogP contribution in [0.2, 0.25) is 5.02 Å². The number of carbonyl (C=O) groups excluding carboxylic acids is 1. The highest BCUT2D eigenvalue weighted by atomic mass is 35.5. The highest BCUT2D eigenvalue weighted by molar-refractivity contribution is 6.31.